The van der Waals surface area contributed by atoms with Gasteiger partial charge in [0.15, 0.2) is 0 Å². The number of nitrogens with zero attached hydrogens (tertiary/aromatic N) is 1. The smallest absolute Gasteiger partial charge is 0.263 e. The molecule has 1 aliphatic carbocycles. The second-order valence-electron chi connectivity index (χ2n) is 6.43. The number of piperazine rings is 1. The van der Waals surface area contributed by atoms with Gasteiger partial charge in [-0.25, -0.2) is 8.78 Å². The molecular formula is C17H24F2N2. The molecule has 1 aromatic carbocycles. The Labute approximate surface area is 125 Å². The fourth-order valence-corrected chi connectivity index (χ4v) is 3.88. The number of halogens is 2. The lowest BCUT2D eigenvalue weighted by atomic mass is 9.79. The van der Waals surface area contributed by atoms with E-state index in [0.717, 1.165) is 31.7 Å². The van der Waals surface area contributed by atoms with E-state index in [0.29, 0.717) is 0 Å². The van der Waals surface area contributed by atoms with Crippen molar-refractivity contribution >= 4 is 0 Å². The van der Waals surface area contributed by atoms with Crippen molar-refractivity contribution < 1.29 is 8.78 Å². The quantitative estimate of drug-likeness (QED) is 0.913. The van der Waals surface area contributed by atoms with Crippen LogP contribution in [0.2, 0.25) is 0 Å². The number of rotatable bonds is 3. The van der Waals surface area contributed by atoms with E-state index in [1.165, 1.54) is 38.2 Å². The molecule has 0 atom stereocenters. The molecule has 4 heteroatoms. The third-order valence-corrected chi connectivity index (χ3v) is 5.04. The second-order valence-corrected chi connectivity index (χ2v) is 6.43. The number of alkyl halides is 2. The molecule has 1 heterocycles. The lowest BCUT2D eigenvalue weighted by Gasteiger charge is -2.50. The minimum absolute atomic E-state index is 0.139. The number of nitrogens with one attached hydrogen (secondary N) is 1. The largest absolute Gasteiger partial charge is 0.314 e. The molecule has 0 radical (unpaired) electrons. The van der Waals surface area contributed by atoms with Crippen molar-refractivity contribution in [2.75, 3.05) is 19.6 Å². The Morgan fingerprint density at radius 1 is 1.19 bits per heavy atom. The first-order valence-electron chi connectivity index (χ1n) is 8.02. The highest BCUT2D eigenvalue weighted by Gasteiger charge is 2.39. The summed E-state index contributed by atoms with van der Waals surface area (Å²) in [7, 11) is 0. The predicted molar refractivity (Wildman–Crippen MR) is 80.5 cm³/mol. The number of hydrogen-bond donors (Lipinski definition) is 1. The number of hydrogen-bond acceptors (Lipinski definition) is 2. The van der Waals surface area contributed by atoms with Crippen LogP contribution < -0.4 is 5.32 Å². The summed E-state index contributed by atoms with van der Waals surface area (Å²) in [6.07, 6.45) is 3.99. The van der Waals surface area contributed by atoms with Crippen LogP contribution in [-0.4, -0.2) is 30.1 Å². The van der Waals surface area contributed by atoms with Crippen molar-refractivity contribution in [2.45, 2.75) is 50.6 Å². The summed E-state index contributed by atoms with van der Waals surface area (Å²) in [6.45, 7) is 3.85. The molecule has 0 amide bonds. The lowest BCUT2D eigenvalue weighted by Crippen LogP contribution is -2.61. The fraction of sp³-hybridized carbons (Fsp3) is 0.647. The second kappa shape index (κ2) is 6.41. The van der Waals surface area contributed by atoms with Crippen LogP contribution in [0.5, 0.6) is 0 Å². The summed E-state index contributed by atoms with van der Waals surface area (Å²) in [5.41, 5.74) is 1.40. The molecule has 1 N–H and O–H groups in total. The Balaban J connectivity index is 1.76. The Bertz CT molecular complexity index is 461. The van der Waals surface area contributed by atoms with Crippen LogP contribution in [0.15, 0.2) is 24.3 Å². The molecule has 2 nitrogen and oxygen atoms in total. The summed E-state index contributed by atoms with van der Waals surface area (Å²) < 4.78 is 25.7. The normalized spacial score (nSPS) is 22.8. The van der Waals surface area contributed by atoms with Gasteiger partial charge in [0.1, 0.15) is 0 Å². The van der Waals surface area contributed by atoms with E-state index in [1.54, 1.807) is 12.1 Å². The third-order valence-electron chi connectivity index (χ3n) is 5.04. The third kappa shape index (κ3) is 3.27. The van der Waals surface area contributed by atoms with E-state index in [2.05, 4.69) is 10.2 Å². The molecule has 116 valence electrons. The van der Waals surface area contributed by atoms with Crippen molar-refractivity contribution in [1.29, 1.82) is 0 Å². The fourth-order valence-electron chi connectivity index (χ4n) is 3.88. The van der Waals surface area contributed by atoms with Crippen LogP contribution >= 0.6 is 0 Å². The molecule has 3 rings (SSSR count). The van der Waals surface area contributed by atoms with E-state index in [9.17, 15) is 8.78 Å². The molecule has 1 aliphatic heterocycles. The average molecular weight is 294 g/mol. The SMILES string of the molecule is FC(F)c1cccc(CN2CCNCC23CCCCC3)c1. The van der Waals surface area contributed by atoms with E-state index >= 15 is 0 Å². The van der Waals surface area contributed by atoms with Gasteiger partial charge in [-0.05, 0) is 24.5 Å². The summed E-state index contributed by atoms with van der Waals surface area (Å²) >= 11 is 0. The molecule has 0 unspecified atom stereocenters. The van der Waals surface area contributed by atoms with Gasteiger partial charge in [0.2, 0.25) is 0 Å². The van der Waals surface area contributed by atoms with Gasteiger partial charge in [-0.15, -0.1) is 0 Å². The zero-order chi connectivity index (χ0) is 14.7. The van der Waals surface area contributed by atoms with Crippen molar-refractivity contribution in [2.24, 2.45) is 0 Å². The topological polar surface area (TPSA) is 15.3 Å². The lowest BCUT2D eigenvalue weighted by molar-refractivity contribution is 0.0208. The first-order chi connectivity index (χ1) is 10.2. The molecule has 0 aromatic heterocycles. The Hall–Kier alpha value is -1.00. The van der Waals surface area contributed by atoms with Crippen molar-refractivity contribution in [3.05, 3.63) is 35.4 Å². The molecule has 2 aliphatic rings. The maximum Gasteiger partial charge on any atom is 0.263 e. The average Bonchev–Trinajstić information content (AvgIpc) is 2.51. The summed E-state index contributed by atoms with van der Waals surface area (Å²) in [5.74, 6) is 0. The first kappa shape index (κ1) is 14.9. The summed E-state index contributed by atoms with van der Waals surface area (Å²) in [5, 5.41) is 3.53. The molecule has 0 bridgehead atoms. The molecular weight excluding hydrogens is 270 g/mol. The van der Waals surface area contributed by atoms with Crippen LogP contribution in [0, 0.1) is 0 Å². The van der Waals surface area contributed by atoms with Gasteiger partial charge in [0, 0.05) is 37.3 Å². The molecule has 2 fully saturated rings. The number of benzene rings is 1. The van der Waals surface area contributed by atoms with Gasteiger partial charge in [-0.2, -0.15) is 0 Å². The van der Waals surface area contributed by atoms with Gasteiger partial charge < -0.3 is 5.32 Å². The van der Waals surface area contributed by atoms with E-state index in [4.69, 9.17) is 0 Å². The van der Waals surface area contributed by atoms with Crippen molar-refractivity contribution in [3.8, 4) is 0 Å². The van der Waals surface area contributed by atoms with Gasteiger partial charge in [0.25, 0.3) is 6.43 Å². The molecule has 1 spiro atoms. The molecule has 1 saturated carbocycles. The summed E-state index contributed by atoms with van der Waals surface area (Å²) in [4.78, 5) is 2.53. The van der Waals surface area contributed by atoms with Gasteiger partial charge >= 0.3 is 0 Å². The van der Waals surface area contributed by atoms with Gasteiger partial charge in [0.05, 0.1) is 0 Å². The highest BCUT2D eigenvalue weighted by Crippen LogP contribution is 2.35. The zero-order valence-electron chi connectivity index (χ0n) is 12.5. The minimum Gasteiger partial charge on any atom is -0.314 e. The predicted octanol–water partition coefficient (Wildman–Crippen LogP) is 3.73. The standard InChI is InChI=1S/C17H24F2N2/c18-16(19)15-6-4-5-14(11-15)12-21-10-9-20-13-17(21)7-2-1-3-8-17/h4-6,11,16,20H,1-3,7-10,12-13H2. The maximum atomic E-state index is 12.9. The van der Waals surface area contributed by atoms with Crippen LogP contribution in [0.4, 0.5) is 8.78 Å². The van der Waals surface area contributed by atoms with E-state index in [-0.39, 0.29) is 11.1 Å². The first-order valence-corrected chi connectivity index (χ1v) is 8.02. The van der Waals surface area contributed by atoms with Gasteiger partial charge in [-0.3, -0.25) is 4.90 Å². The Morgan fingerprint density at radius 3 is 2.76 bits per heavy atom. The highest BCUT2D eigenvalue weighted by molar-refractivity contribution is 5.24. The maximum absolute atomic E-state index is 12.9. The van der Waals surface area contributed by atoms with Crippen LogP contribution in [0.3, 0.4) is 0 Å². The Kier molecular flexibility index (Phi) is 4.55. The van der Waals surface area contributed by atoms with Crippen molar-refractivity contribution in [1.82, 2.24) is 10.2 Å². The van der Waals surface area contributed by atoms with E-state index < -0.39 is 6.43 Å². The molecule has 1 saturated heterocycles. The Morgan fingerprint density at radius 2 is 2.00 bits per heavy atom. The van der Waals surface area contributed by atoms with Gasteiger partial charge in [-0.1, -0.05) is 37.5 Å². The highest BCUT2D eigenvalue weighted by atomic mass is 19.3. The zero-order valence-corrected chi connectivity index (χ0v) is 12.5. The van der Waals surface area contributed by atoms with Crippen LogP contribution in [0.25, 0.3) is 0 Å². The van der Waals surface area contributed by atoms with Crippen LogP contribution in [0.1, 0.15) is 49.7 Å². The molecule has 21 heavy (non-hydrogen) atoms. The van der Waals surface area contributed by atoms with Crippen molar-refractivity contribution in [3.63, 3.8) is 0 Å². The van der Waals surface area contributed by atoms with E-state index in [1.807, 2.05) is 6.07 Å². The minimum atomic E-state index is -2.38. The monoisotopic (exact) mass is 294 g/mol. The molecule has 1 aromatic rings. The summed E-state index contributed by atoms with van der Waals surface area (Å²) in [6, 6.07) is 6.92. The van der Waals surface area contributed by atoms with Crippen LogP contribution in [-0.2, 0) is 6.54 Å².